The van der Waals surface area contributed by atoms with Gasteiger partial charge in [-0.1, -0.05) is 19.3 Å². The summed E-state index contributed by atoms with van der Waals surface area (Å²) in [6, 6.07) is 0. The van der Waals surface area contributed by atoms with Crippen LogP contribution in [-0.4, -0.2) is 41.3 Å². The molecule has 5 nitrogen and oxygen atoms in total. The first-order valence-electron chi connectivity index (χ1n) is 5.91. The van der Waals surface area contributed by atoms with Crippen LogP contribution in [0.4, 0.5) is 0 Å². The summed E-state index contributed by atoms with van der Waals surface area (Å²) in [5.41, 5.74) is 0. The van der Waals surface area contributed by atoms with Crippen molar-refractivity contribution in [3.8, 4) is 0 Å². The fraction of sp³-hybridized carbons (Fsp3) is 1.00. The minimum atomic E-state index is -3.01. The van der Waals surface area contributed by atoms with Gasteiger partial charge in [-0.3, -0.25) is 9.88 Å². The van der Waals surface area contributed by atoms with Gasteiger partial charge in [0.2, 0.25) is 7.37 Å². The van der Waals surface area contributed by atoms with Crippen molar-refractivity contribution in [1.82, 2.24) is 10.4 Å². The lowest BCUT2D eigenvalue weighted by molar-refractivity contribution is -0.108. The van der Waals surface area contributed by atoms with E-state index < -0.39 is 7.37 Å². The number of nitrogens with one attached hydrogen (secondary N) is 1. The molecule has 0 saturated heterocycles. The summed E-state index contributed by atoms with van der Waals surface area (Å²) in [4.78, 5) is 9.04. The molecule has 1 aliphatic rings. The lowest BCUT2D eigenvalue weighted by atomic mass is 9.89. The van der Waals surface area contributed by atoms with Crippen LogP contribution in [0.3, 0.4) is 0 Å². The molecule has 0 aromatic rings. The van der Waals surface area contributed by atoms with Crippen LogP contribution >= 0.6 is 7.37 Å². The molecule has 0 radical (unpaired) electrons. The van der Waals surface area contributed by atoms with Gasteiger partial charge in [-0.2, -0.15) is 5.06 Å². The second-order valence-corrected chi connectivity index (χ2v) is 7.23. The molecule has 1 rings (SSSR count). The zero-order chi connectivity index (χ0) is 12.0. The molecular formula is C10H23N2O3P. The Morgan fingerprint density at radius 3 is 2.56 bits per heavy atom. The fourth-order valence-corrected chi connectivity index (χ4v) is 2.63. The molecule has 1 aliphatic carbocycles. The van der Waals surface area contributed by atoms with Crippen LogP contribution in [0.5, 0.6) is 0 Å². The van der Waals surface area contributed by atoms with Gasteiger partial charge in [0.1, 0.15) is 0 Å². The third-order valence-electron chi connectivity index (χ3n) is 2.89. The van der Waals surface area contributed by atoms with Gasteiger partial charge in [-0.05, 0) is 18.8 Å². The summed E-state index contributed by atoms with van der Waals surface area (Å²) >= 11 is 0. The number of hydrogen-bond donors (Lipinski definition) is 3. The van der Waals surface area contributed by atoms with Gasteiger partial charge in [0, 0.05) is 13.2 Å². The zero-order valence-corrected chi connectivity index (χ0v) is 10.8. The lowest BCUT2D eigenvalue weighted by Crippen LogP contribution is -2.36. The van der Waals surface area contributed by atoms with E-state index >= 15 is 0 Å². The van der Waals surface area contributed by atoms with Crippen molar-refractivity contribution in [1.29, 1.82) is 0 Å². The summed E-state index contributed by atoms with van der Waals surface area (Å²) in [6.07, 6.45) is 6.24. The fourth-order valence-electron chi connectivity index (χ4n) is 2.12. The Morgan fingerprint density at radius 2 is 2.00 bits per heavy atom. The SMILES string of the molecule is CP(=O)(O)CNCN(O)CC1CCCCC1. The normalized spacial score (nSPS) is 22.2. The topological polar surface area (TPSA) is 72.8 Å². The molecule has 0 aliphatic heterocycles. The van der Waals surface area contributed by atoms with Gasteiger partial charge in [0.05, 0.1) is 13.0 Å². The lowest BCUT2D eigenvalue weighted by Gasteiger charge is -2.25. The average molecular weight is 250 g/mol. The first kappa shape index (κ1) is 14.1. The van der Waals surface area contributed by atoms with Crippen molar-refractivity contribution in [2.75, 3.05) is 26.2 Å². The van der Waals surface area contributed by atoms with Crippen molar-refractivity contribution in [2.24, 2.45) is 5.92 Å². The van der Waals surface area contributed by atoms with Crippen LogP contribution in [0.15, 0.2) is 0 Å². The summed E-state index contributed by atoms with van der Waals surface area (Å²) in [5.74, 6) is 0.572. The van der Waals surface area contributed by atoms with Crippen LogP contribution < -0.4 is 5.32 Å². The van der Waals surface area contributed by atoms with Crippen molar-refractivity contribution in [3.05, 3.63) is 0 Å². The summed E-state index contributed by atoms with van der Waals surface area (Å²) in [7, 11) is -3.01. The van der Waals surface area contributed by atoms with Gasteiger partial charge in [0.25, 0.3) is 0 Å². The maximum absolute atomic E-state index is 11.0. The quantitative estimate of drug-likeness (QED) is 0.380. The molecule has 6 heteroatoms. The van der Waals surface area contributed by atoms with Gasteiger partial charge in [0.15, 0.2) is 0 Å². The molecule has 1 fully saturated rings. The van der Waals surface area contributed by atoms with E-state index in [4.69, 9.17) is 4.89 Å². The molecule has 1 saturated carbocycles. The summed E-state index contributed by atoms with van der Waals surface area (Å²) in [5, 5.41) is 13.6. The highest BCUT2D eigenvalue weighted by molar-refractivity contribution is 7.57. The standard InChI is InChI=1S/C10H23N2O3P/c1-16(14,15)9-11-8-12(13)7-10-5-3-2-4-6-10/h10-11,13H,2-9H2,1H3,(H,14,15). The highest BCUT2D eigenvalue weighted by Gasteiger charge is 2.16. The summed E-state index contributed by atoms with van der Waals surface area (Å²) < 4.78 is 11.0. The van der Waals surface area contributed by atoms with Gasteiger partial charge < -0.3 is 10.1 Å². The van der Waals surface area contributed by atoms with Crippen molar-refractivity contribution in [3.63, 3.8) is 0 Å². The highest BCUT2D eigenvalue weighted by Crippen LogP contribution is 2.32. The molecule has 96 valence electrons. The predicted molar refractivity (Wildman–Crippen MR) is 63.7 cm³/mol. The number of hydroxylamine groups is 2. The van der Waals surface area contributed by atoms with E-state index in [0.717, 1.165) is 0 Å². The third-order valence-corrected chi connectivity index (χ3v) is 3.70. The molecule has 0 aromatic carbocycles. The first-order valence-corrected chi connectivity index (χ1v) is 8.20. The van der Waals surface area contributed by atoms with Gasteiger partial charge in [-0.25, -0.2) is 0 Å². The Kier molecular flexibility index (Phi) is 5.94. The highest BCUT2D eigenvalue weighted by atomic mass is 31.2. The first-order chi connectivity index (χ1) is 7.47. The van der Waals surface area contributed by atoms with E-state index in [-0.39, 0.29) is 13.0 Å². The van der Waals surface area contributed by atoms with Crippen molar-refractivity contribution >= 4 is 7.37 Å². The Balaban J connectivity index is 2.10. The molecule has 0 aromatic heterocycles. The Morgan fingerprint density at radius 1 is 1.38 bits per heavy atom. The molecule has 0 heterocycles. The number of rotatable bonds is 6. The second-order valence-electron chi connectivity index (χ2n) is 4.81. The Bertz CT molecular complexity index is 238. The minimum Gasteiger partial charge on any atom is -0.344 e. The van der Waals surface area contributed by atoms with Crippen LogP contribution in [0, 0.1) is 5.92 Å². The average Bonchev–Trinajstić information content (AvgIpc) is 2.17. The van der Waals surface area contributed by atoms with E-state index in [2.05, 4.69) is 5.32 Å². The zero-order valence-electron chi connectivity index (χ0n) is 9.93. The van der Waals surface area contributed by atoms with Crippen LogP contribution in [0.1, 0.15) is 32.1 Å². The number of nitrogens with zero attached hydrogens (tertiary/aromatic N) is 1. The summed E-state index contributed by atoms with van der Waals surface area (Å²) in [6.45, 7) is 2.23. The maximum Gasteiger partial charge on any atom is 0.211 e. The monoisotopic (exact) mass is 250 g/mol. The van der Waals surface area contributed by atoms with E-state index in [1.807, 2.05) is 0 Å². The maximum atomic E-state index is 11.0. The van der Waals surface area contributed by atoms with Crippen LogP contribution in [-0.2, 0) is 4.57 Å². The smallest absolute Gasteiger partial charge is 0.211 e. The largest absolute Gasteiger partial charge is 0.344 e. The van der Waals surface area contributed by atoms with Crippen LogP contribution in [0.25, 0.3) is 0 Å². The van der Waals surface area contributed by atoms with Crippen molar-refractivity contribution in [2.45, 2.75) is 32.1 Å². The second kappa shape index (κ2) is 6.72. The molecule has 16 heavy (non-hydrogen) atoms. The molecule has 0 bridgehead atoms. The van der Waals surface area contributed by atoms with E-state index in [9.17, 15) is 9.77 Å². The van der Waals surface area contributed by atoms with Crippen molar-refractivity contribution < 1.29 is 14.7 Å². The number of hydrogen-bond acceptors (Lipinski definition) is 4. The minimum absolute atomic E-state index is 0.0503. The molecule has 0 amide bonds. The Hall–Kier alpha value is 0.0700. The molecule has 0 spiro atoms. The molecule has 3 N–H and O–H groups in total. The molecule has 1 atom stereocenters. The van der Waals surface area contributed by atoms with E-state index in [1.165, 1.54) is 43.8 Å². The van der Waals surface area contributed by atoms with Gasteiger partial charge in [-0.15, -0.1) is 0 Å². The molecule has 1 unspecified atom stereocenters. The molecular weight excluding hydrogens is 227 g/mol. The van der Waals surface area contributed by atoms with E-state index in [0.29, 0.717) is 12.5 Å². The third kappa shape index (κ3) is 6.61. The predicted octanol–water partition coefficient (Wildman–Crippen LogP) is 1.66. The van der Waals surface area contributed by atoms with Crippen LogP contribution in [0.2, 0.25) is 0 Å². The van der Waals surface area contributed by atoms with Gasteiger partial charge >= 0.3 is 0 Å². The van der Waals surface area contributed by atoms with E-state index in [1.54, 1.807) is 0 Å². The Labute approximate surface area is 97.2 Å².